The topological polar surface area (TPSA) is 330 Å². The van der Waals surface area contributed by atoms with Crippen molar-refractivity contribution in [2.24, 2.45) is 5.92 Å². The highest BCUT2D eigenvalue weighted by molar-refractivity contribution is 7.90. The van der Waals surface area contributed by atoms with Crippen LogP contribution in [-0.4, -0.2) is 182 Å². The Labute approximate surface area is 617 Å². The number of hydrogen-bond donors (Lipinski definition) is 4. The third kappa shape index (κ3) is 20.2. The molecular formula is C78H91N12O14S2+. The number of rotatable bonds is 30. The Balaban J connectivity index is 0.000000902. The van der Waals surface area contributed by atoms with E-state index in [1.807, 2.05) is 44.2 Å². The summed E-state index contributed by atoms with van der Waals surface area (Å²) in [7, 11) is -7.20. The van der Waals surface area contributed by atoms with Gasteiger partial charge >= 0.3 is 0 Å². The van der Waals surface area contributed by atoms with Crippen molar-refractivity contribution in [2.75, 3.05) is 83.1 Å². The molecule has 2 aliphatic heterocycles. The number of sulfonamides is 1. The molecule has 28 heteroatoms. The minimum absolute atomic E-state index is 0.00585. The third-order valence-corrected chi connectivity index (χ3v) is 21.4. The van der Waals surface area contributed by atoms with Gasteiger partial charge in [-0.25, -0.2) is 26.1 Å². The van der Waals surface area contributed by atoms with E-state index >= 15 is 0 Å². The van der Waals surface area contributed by atoms with Crippen molar-refractivity contribution in [3.8, 4) is 22.5 Å². The number of nitro groups is 1. The predicted molar refractivity (Wildman–Crippen MR) is 404 cm³/mol. The number of ketones is 1. The number of fused-ring (bicyclic) bond motifs is 2. The second kappa shape index (κ2) is 36.3. The Bertz CT molecular complexity index is 4860. The zero-order valence-corrected chi connectivity index (χ0v) is 62.4. The molecular weight excluding hydrogens is 1390 g/mol. The second-order valence-corrected chi connectivity index (χ2v) is 30.1. The molecule has 3 aliphatic rings. The van der Waals surface area contributed by atoms with Crippen LogP contribution in [0.5, 0.6) is 0 Å². The number of non-ortho nitro benzene ring substituents is 1. The number of amides is 5. The largest absolute Gasteiger partial charge is 0.456 e. The molecule has 10 rings (SSSR count). The van der Waals surface area contributed by atoms with Crippen molar-refractivity contribution >= 4 is 77.5 Å². The van der Waals surface area contributed by atoms with Gasteiger partial charge in [-0.05, 0) is 100 Å². The summed E-state index contributed by atoms with van der Waals surface area (Å²) in [5.74, 6) is -1.79. The highest BCUT2D eigenvalue weighted by atomic mass is 32.2. The van der Waals surface area contributed by atoms with Gasteiger partial charge in [-0.2, -0.15) is 4.31 Å². The van der Waals surface area contributed by atoms with Crippen LogP contribution in [0, 0.1) is 16.0 Å². The zero-order chi connectivity index (χ0) is 76.4. The lowest BCUT2D eigenvalue weighted by Crippen LogP contribution is -2.51. The summed E-state index contributed by atoms with van der Waals surface area (Å²) in [6.45, 7) is 17.6. The third-order valence-electron chi connectivity index (χ3n) is 18.4. The van der Waals surface area contributed by atoms with E-state index < -0.39 is 67.2 Å². The van der Waals surface area contributed by atoms with Crippen LogP contribution in [0.15, 0.2) is 190 Å². The summed E-state index contributed by atoms with van der Waals surface area (Å²) in [5, 5.41) is 40.0. The first-order valence-electron chi connectivity index (χ1n) is 35.3. The van der Waals surface area contributed by atoms with E-state index in [1.165, 1.54) is 39.4 Å². The Morgan fingerprint density at radius 2 is 1.31 bits per heavy atom. The monoisotopic (exact) mass is 1480 g/mol. The Morgan fingerprint density at radius 1 is 0.679 bits per heavy atom. The maximum Gasteiger partial charge on any atom is 0.269 e. The molecule has 0 spiro atoms. The molecule has 1 saturated heterocycles. The number of sulfone groups is 1. The maximum atomic E-state index is 14.7. The van der Waals surface area contributed by atoms with E-state index in [0.29, 0.717) is 39.3 Å². The molecule has 4 N–H and O–H groups in total. The number of carbonyl (C=O) groups is 6. The van der Waals surface area contributed by atoms with E-state index in [0.717, 1.165) is 77.7 Å². The zero-order valence-electron chi connectivity index (χ0n) is 60.8. The van der Waals surface area contributed by atoms with Crippen LogP contribution < -0.4 is 30.8 Å². The van der Waals surface area contributed by atoms with E-state index in [1.54, 1.807) is 83.5 Å². The molecule has 0 saturated carbocycles. The van der Waals surface area contributed by atoms with Crippen LogP contribution >= 0.6 is 0 Å². The average Bonchev–Trinajstić information content (AvgIpc) is 0.797. The van der Waals surface area contributed by atoms with Crippen LogP contribution in [0.3, 0.4) is 0 Å². The number of anilines is 1. The number of benzene rings is 7. The van der Waals surface area contributed by atoms with E-state index in [9.17, 15) is 60.8 Å². The van der Waals surface area contributed by atoms with Crippen molar-refractivity contribution in [2.45, 2.75) is 102 Å². The van der Waals surface area contributed by atoms with Gasteiger partial charge in [-0.3, -0.25) is 38.9 Å². The lowest BCUT2D eigenvalue weighted by atomic mass is 9.90. The van der Waals surface area contributed by atoms with Gasteiger partial charge in [-0.15, -0.1) is 5.10 Å². The molecule has 6 aromatic carbocycles. The lowest BCUT2D eigenvalue weighted by molar-refractivity contribution is -0.384. The molecule has 1 aromatic heterocycles. The number of aliphatic hydroxyl groups excluding tert-OH is 1. The molecule has 558 valence electrons. The minimum Gasteiger partial charge on any atom is -0.456 e. The van der Waals surface area contributed by atoms with Crippen molar-refractivity contribution in [3.05, 3.63) is 219 Å². The van der Waals surface area contributed by atoms with Gasteiger partial charge in [0.25, 0.3) is 11.6 Å². The molecule has 106 heavy (non-hydrogen) atoms. The van der Waals surface area contributed by atoms with Crippen molar-refractivity contribution in [1.29, 1.82) is 0 Å². The summed E-state index contributed by atoms with van der Waals surface area (Å²) in [5.41, 5.74) is 6.56. The van der Waals surface area contributed by atoms with Gasteiger partial charge < -0.3 is 40.2 Å². The molecule has 1 unspecified atom stereocenters. The minimum atomic E-state index is -3.94. The van der Waals surface area contributed by atoms with Crippen molar-refractivity contribution < 1.29 is 60.0 Å². The van der Waals surface area contributed by atoms with Gasteiger partial charge in [0, 0.05) is 141 Å². The Hall–Kier alpha value is -10.8. The van der Waals surface area contributed by atoms with Crippen LogP contribution in [-0.2, 0) is 52.0 Å². The quantitative estimate of drug-likeness (QED) is 0.0108. The number of nitro benzene ring substituents is 1. The summed E-state index contributed by atoms with van der Waals surface area (Å²) in [6, 6.07) is 46.5. The smallest absolute Gasteiger partial charge is 0.269 e. The molecule has 1 aliphatic carbocycles. The number of carbonyl (C=O) groups excluding carboxylic acids is 6. The number of aromatic nitrogens is 3. The first-order valence-corrected chi connectivity index (χ1v) is 38.7. The molecule has 0 radical (unpaired) electrons. The molecule has 5 amide bonds. The fraction of sp³-hybridized carbons (Fsp3) is 0.346. The fourth-order valence-corrected chi connectivity index (χ4v) is 14.8. The average molecular weight is 1480 g/mol. The van der Waals surface area contributed by atoms with E-state index in [-0.39, 0.29) is 104 Å². The number of nitrogens with one attached hydrogen (secondary N) is 3. The summed E-state index contributed by atoms with van der Waals surface area (Å²) < 4.78 is 60.8. The lowest BCUT2D eigenvalue weighted by Gasteiger charge is -2.35. The molecule has 26 nitrogen and oxygen atoms in total. The van der Waals surface area contributed by atoms with Gasteiger partial charge in [0.05, 0.1) is 52.2 Å². The standard InChI is InChI=1S/C71H83N11O10S.C7H7NO4S/c1-8-77(9-2)54-30-32-59-63(41-54)92-64-42-55(78(10-3)11-4)31-33-60(64)68(59)57-24-18-19-25-58(57)71(89)80-38-36-79(37-39-80)67(86)35-34-65(84)72-44-66(85)74-61(40-50-26-28-52(29-27-50)69(87)51-20-14-12-15-21-51)70(88)73-43-53-46-82(76-75-53)49(7)62(83)47-81(45-48(5)6)93(90,91)56-22-16-13-17-23-56;1-13(11,12)7-4-2-6(3-5-7)8(9)10/h12-33,41-42,46,48-49,61-62,83H,8-11,34-40,43-45,47H2,1-7H3,(H2-,72,73,74,84,85,88);2-5H,1H3/p+1/t49-,61-,62?;/m0./s1. The summed E-state index contributed by atoms with van der Waals surface area (Å²) >= 11 is 0. The van der Waals surface area contributed by atoms with Gasteiger partial charge in [-0.1, -0.05) is 110 Å². The Morgan fingerprint density at radius 3 is 1.94 bits per heavy atom. The summed E-state index contributed by atoms with van der Waals surface area (Å²) in [6.07, 6.45) is 1.02. The highest BCUT2D eigenvalue weighted by Gasteiger charge is 2.33. The van der Waals surface area contributed by atoms with Crippen LogP contribution in [0.4, 0.5) is 11.4 Å². The number of nitrogens with zero attached hydrogens (tertiary/aromatic N) is 9. The normalized spacial score (nSPS) is 13.3. The fourth-order valence-electron chi connectivity index (χ4n) is 12.5. The highest BCUT2D eigenvalue weighted by Crippen LogP contribution is 2.42. The van der Waals surface area contributed by atoms with E-state index in [2.05, 4.69) is 99.8 Å². The van der Waals surface area contributed by atoms with Crippen LogP contribution in [0.25, 0.3) is 33.4 Å². The maximum absolute atomic E-state index is 14.7. The molecule has 3 heterocycles. The second-order valence-electron chi connectivity index (χ2n) is 26.2. The van der Waals surface area contributed by atoms with Crippen LogP contribution in [0.1, 0.15) is 105 Å². The molecule has 1 fully saturated rings. The Kier molecular flexibility index (Phi) is 27.1. The van der Waals surface area contributed by atoms with E-state index in [4.69, 9.17) is 4.42 Å². The number of hydrogen-bond acceptors (Lipinski definition) is 17. The van der Waals surface area contributed by atoms with Gasteiger partial charge in [0.2, 0.25) is 39.0 Å². The molecule has 7 aromatic rings. The van der Waals surface area contributed by atoms with Crippen LogP contribution in [0.2, 0.25) is 0 Å². The predicted octanol–water partition coefficient (Wildman–Crippen LogP) is 8.18. The number of aliphatic hydroxyl groups is 1. The summed E-state index contributed by atoms with van der Waals surface area (Å²) in [4.78, 5) is 97.9. The first-order chi connectivity index (χ1) is 50.7. The SMILES string of the molecule is CCN(CC)c1ccc2c(-c3ccccc3C(=O)N3CCN(C(=O)CCC(=O)NCC(=O)N[C@@H](Cc4ccc(C(=O)c5ccccc5)cc4)C(=O)NCc4cn([C@@H](C)C(O)CN(CC(C)C)S(=O)(=O)c5ccccc5)nn4)CC3)c3ccc(=[N+](CC)CC)cc-3oc2c1.CS(=O)(=O)c1ccc([N+](=O)[O-])cc1. The van der Waals surface area contributed by atoms with Crippen molar-refractivity contribution in [3.63, 3.8) is 0 Å². The van der Waals surface area contributed by atoms with Gasteiger partial charge in [0.15, 0.2) is 15.6 Å². The number of piperazine rings is 1. The molecule has 3 atom stereocenters. The first kappa shape index (κ1) is 79.3. The molecule has 0 bridgehead atoms. The van der Waals surface area contributed by atoms with Gasteiger partial charge in [0.1, 0.15) is 36.2 Å². The van der Waals surface area contributed by atoms with Crippen molar-refractivity contribution in [1.82, 2.24) is 49.6 Å².